The number of rotatable bonds is 7. The van der Waals surface area contributed by atoms with E-state index in [0.29, 0.717) is 21.2 Å². The third kappa shape index (κ3) is 4.80. The first-order chi connectivity index (χ1) is 13.9. The molecule has 1 amide bonds. The highest BCUT2D eigenvalue weighted by Crippen LogP contribution is 2.36. The summed E-state index contributed by atoms with van der Waals surface area (Å²) < 4.78 is 6.16. The molecular formula is C21H18ClNO4S2. The van der Waals surface area contributed by atoms with Crippen LogP contribution in [-0.4, -0.2) is 32.2 Å². The summed E-state index contributed by atoms with van der Waals surface area (Å²) in [6.45, 7) is 1.99. The lowest BCUT2D eigenvalue weighted by molar-refractivity contribution is -0.145. The van der Waals surface area contributed by atoms with Crippen LogP contribution < -0.4 is 4.74 Å². The van der Waals surface area contributed by atoms with Crippen LogP contribution in [-0.2, 0) is 16.2 Å². The Morgan fingerprint density at radius 3 is 2.66 bits per heavy atom. The highest BCUT2D eigenvalue weighted by molar-refractivity contribution is 8.26. The van der Waals surface area contributed by atoms with Crippen LogP contribution in [0, 0.1) is 0 Å². The summed E-state index contributed by atoms with van der Waals surface area (Å²) in [4.78, 5) is 25.8. The van der Waals surface area contributed by atoms with Gasteiger partial charge in [0.1, 0.15) is 22.7 Å². The molecule has 0 radical (unpaired) electrons. The molecule has 1 aliphatic rings. The molecule has 0 bridgehead atoms. The van der Waals surface area contributed by atoms with Crippen molar-refractivity contribution in [1.82, 2.24) is 4.90 Å². The molecule has 150 valence electrons. The zero-order valence-corrected chi connectivity index (χ0v) is 17.9. The fourth-order valence-corrected chi connectivity index (χ4v) is 4.40. The van der Waals surface area contributed by atoms with E-state index in [0.717, 1.165) is 17.3 Å². The van der Waals surface area contributed by atoms with Crippen LogP contribution in [0.4, 0.5) is 0 Å². The molecule has 3 rings (SSSR count). The minimum atomic E-state index is -1.08. The average Bonchev–Trinajstić information content (AvgIpc) is 2.96. The van der Waals surface area contributed by atoms with Gasteiger partial charge in [0.2, 0.25) is 0 Å². The molecule has 1 saturated heterocycles. The summed E-state index contributed by atoms with van der Waals surface area (Å²) in [5.74, 6) is -0.897. The molecule has 1 atom stereocenters. The van der Waals surface area contributed by atoms with Crippen molar-refractivity contribution in [2.24, 2.45) is 0 Å². The Bertz CT molecular complexity index is 992. The lowest BCUT2D eigenvalue weighted by Crippen LogP contribution is -2.43. The van der Waals surface area contributed by atoms with Gasteiger partial charge in [0.05, 0.1) is 4.91 Å². The van der Waals surface area contributed by atoms with Crippen LogP contribution in [0.15, 0.2) is 53.4 Å². The largest absolute Gasteiger partial charge is 0.488 e. The normalized spacial score (nSPS) is 16.3. The lowest BCUT2D eigenvalue weighted by atomic mass is 10.1. The second-order valence-corrected chi connectivity index (χ2v) is 8.31. The van der Waals surface area contributed by atoms with Gasteiger partial charge in [-0.25, -0.2) is 4.79 Å². The number of aliphatic carboxylic acids is 1. The summed E-state index contributed by atoms with van der Waals surface area (Å²) in [5.41, 5.74) is 1.55. The van der Waals surface area contributed by atoms with Crippen LogP contribution >= 0.6 is 35.6 Å². The van der Waals surface area contributed by atoms with E-state index >= 15 is 0 Å². The number of carboxylic acids is 1. The molecule has 0 aliphatic carbocycles. The van der Waals surface area contributed by atoms with Gasteiger partial charge in [0.15, 0.2) is 0 Å². The molecule has 1 aliphatic heterocycles. The number of hydrogen-bond donors (Lipinski definition) is 1. The van der Waals surface area contributed by atoms with Crippen molar-refractivity contribution >= 4 is 57.9 Å². The number of amides is 1. The van der Waals surface area contributed by atoms with Crippen LogP contribution in [0.1, 0.15) is 24.5 Å². The number of para-hydroxylation sites is 1. The van der Waals surface area contributed by atoms with Crippen molar-refractivity contribution in [1.29, 1.82) is 0 Å². The van der Waals surface area contributed by atoms with Crippen molar-refractivity contribution in [2.45, 2.75) is 26.0 Å². The molecule has 0 spiro atoms. The van der Waals surface area contributed by atoms with Gasteiger partial charge in [0.25, 0.3) is 5.91 Å². The van der Waals surface area contributed by atoms with Crippen molar-refractivity contribution in [3.8, 4) is 5.75 Å². The summed E-state index contributed by atoms with van der Waals surface area (Å²) in [7, 11) is 0. The third-order valence-corrected chi connectivity index (χ3v) is 6.05. The van der Waals surface area contributed by atoms with Crippen molar-refractivity contribution in [2.75, 3.05) is 0 Å². The van der Waals surface area contributed by atoms with E-state index in [1.54, 1.807) is 25.1 Å². The molecule has 0 saturated carbocycles. The lowest BCUT2D eigenvalue weighted by Gasteiger charge is -2.21. The van der Waals surface area contributed by atoms with Crippen molar-refractivity contribution < 1.29 is 19.4 Å². The van der Waals surface area contributed by atoms with E-state index in [4.69, 9.17) is 28.6 Å². The molecule has 2 aromatic carbocycles. The number of thiocarbonyl (C=S) groups is 1. The van der Waals surface area contributed by atoms with Crippen LogP contribution in [0.2, 0.25) is 5.02 Å². The summed E-state index contributed by atoms with van der Waals surface area (Å²) in [6, 6.07) is 13.7. The van der Waals surface area contributed by atoms with Gasteiger partial charge in [0, 0.05) is 16.1 Å². The average molecular weight is 448 g/mol. The third-order valence-electron chi connectivity index (χ3n) is 4.35. The number of ether oxygens (including phenoxy) is 1. The minimum absolute atomic E-state index is 0.241. The highest BCUT2D eigenvalue weighted by Gasteiger charge is 2.39. The van der Waals surface area contributed by atoms with Gasteiger partial charge in [-0.15, -0.1) is 0 Å². The maximum Gasteiger partial charge on any atom is 0.326 e. The van der Waals surface area contributed by atoms with Crippen LogP contribution in [0.3, 0.4) is 0 Å². The number of halogens is 1. The predicted molar refractivity (Wildman–Crippen MR) is 119 cm³/mol. The van der Waals surface area contributed by atoms with Crippen LogP contribution in [0.5, 0.6) is 5.75 Å². The molecule has 0 aromatic heterocycles. The number of carbonyl (C=O) groups is 2. The van der Waals surface area contributed by atoms with Gasteiger partial charge < -0.3 is 9.84 Å². The molecular weight excluding hydrogens is 430 g/mol. The zero-order chi connectivity index (χ0) is 21.0. The molecule has 1 fully saturated rings. The minimum Gasteiger partial charge on any atom is -0.488 e. The summed E-state index contributed by atoms with van der Waals surface area (Å²) in [6.07, 6.45) is 1.95. The fraction of sp³-hybridized carbons (Fsp3) is 0.190. The molecule has 1 N–H and O–H groups in total. The maximum atomic E-state index is 12.8. The van der Waals surface area contributed by atoms with E-state index in [9.17, 15) is 14.7 Å². The van der Waals surface area contributed by atoms with Gasteiger partial charge >= 0.3 is 5.97 Å². The van der Waals surface area contributed by atoms with E-state index in [1.165, 1.54) is 4.90 Å². The molecule has 1 heterocycles. The van der Waals surface area contributed by atoms with E-state index < -0.39 is 17.9 Å². The number of thioether (sulfide) groups is 1. The van der Waals surface area contributed by atoms with Gasteiger partial charge in [-0.3, -0.25) is 9.69 Å². The molecule has 1 unspecified atom stereocenters. The Balaban J connectivity index is 1.84. The topological polar surface area (TPSA) is 66.8 Å². The second-order valence-electron chi connectivity index (χ2n) is 6.23. The quantitative estimate of drug-likeness (QED) is 0.476. The zero-order valence-electron chi connectivity index (χ0n) is 15.5. The number of hydrogen-bond acceptors (Lipinski definition) is 5. The predicted octanol–water partition coefficient (Wildman–Crippen LogP) is 4.98. The van der Waals surface area contributed by atoms with Crippen LogP contribution in [0.25, 0.3) is 6.08 Å². The fourth-order valence-electron chi connectivity index (χ4n) is 2.86. The summed E-state index contributed by atoms with van der Waals surface area (Å²) in [5, 5.41) is 9.99. The Labute approximate surface area is 183 Å². The first-order valence-corrected chi connectivity index (χ1v) is 10.5. The number of benzene rings is 2. The first-order valence-electron chi connectivity index (χ1n) is 8.87. The number of carbonyl (C=O) groups excluding carboxylic acids is 1. The van der Waals surface area contributed by atoms with E-state index in [1.807, 2.05) is 36.4 Å². The van der Waals surface area contributed by atoms with Gasteiger partial charge in [-0.1, -0.05) is 78.9 Å². The van der Waals surface area contributed by atoms with Crippen molar-refractivity contribution in [3.63, 3.8) is 0 Å². The van der Waals surface area contributed by atoms with Gasteiger partial charge in [-0.2, -0.15) is 0 Å². The molecule has 29 heavy (non-hydrogen) atoms. The standard InChI is InChI=1S/C21H18ClNO4S2/c1-2-16(20(25)26)23-19(24)18(29-21(23)28)11-13-7-4-6-10-17(13)27-12-14-8-3-5-9-15(14)22/h3-11,16H,2,12H2,1H3,(H,25,26). The van der Waals surface area contributed by atoms with E-state index in [2.05, 4.69) is 0 Å². The monoisotopic (exact) mass is 447 g/mol. The molecule has 8 heteroatoms. The van der Waals surface area contributed by atoms with Gasteiger partial charge in [-0.05, 0) is 24.6 Å². The number of carboxylic acid groups (broad SMARTS) is 1. The maximum absolute atomic E-state index is 12.8. The Morgan fingerprint density at radius 2 is 1.97 bits per heavy atom. The SMILES string of the molecule is CCC(C(=O)O)N1C(=O)C(=Cc2ccccc2OCc2ccccc2Cl)SC1=S. The Hall–Kier alpha value is -2.35. The van der Waals surface area contributed by atoms with E-state index in [-0.39, 0.29) is 17.3 Å². The Morgan fingerprint density at radius 1 is 1.28 bits per heavy atom. The smallest absolute Gasteiger partial charge is 0.326 e. The second kappa shape index (κ2) is 9.43. The Kier molecular flexibility index (Phi) is 6.95. The number of nitrogens with zero attached hydrogens (tertiary/aromatic N) is 1. The molecule has 5 nitrogen and oxygen atoms in total. The molecule has 2 aromatic rings. The van der Waals surface area contributed by atoms with Crippen molar-refractivity contribution in [3.05, 3.63) is 69.6 Å². The first kappa shape index (κ1) is 21.4. The highest BCUT2D eigenvalue weighted by atomic mass is 35.5. The summed E-state index contributed by atoms with van der Waals surface area (Å²) >= 11 is 12.5.